The molecular formula is C30H31N3O2. The summed E-state index contributed by atoms with van der Waals surface area (Å²) in [6.45, 7) is 2.90. The molecule has 5 nitrogen and oxygen atoms in total. The number of rotatable bonds is 5. The quantitative estimate of drug-likeness (QED) is 0.461. The van der Waals surface area contributed by atoms with Gasteiger partial charge >= 0.3 is 5.97 Å². The third kappa shape index (κ3) is 6.51. The van der Waals surface area contributed by atoms with Gasteiger partial charge in [0.15, 0.2) is 0 Å². The monoisotopic (exact) mass is 465 g/mol. The number of hydrogen-bond acceptors (Lipinski definition) is 5. The number of nitrogens with zero attached hydrogens (tertiary/aromatic N) is 3. The highest BCUT2D eigenvalue weighted by atomic mass is 16.5. The fourth-order valence-electron chi connectivity index (χ4n) is 5.34. The van der Waals surface area contributed by atoms with Gasteiger partial charge in [0.05, 0.1) is 30.3 Å². The minimum Gasteiger partial charge on any atom is -0.462 e. The Morgan fingerprint density at radius 3 is 2.46 bits per heavy atom. The maximum absolute atomic E-state index is 11.4. The average molecular weight is 466 g/mol. The first kappa shape index (κ1) is 24.5. The molecule has 0 N–H and O–H groups in total. The van der Waals surface area contributed by atoms with Crippen LogP contribution < -0.4 is 0 Å². The van der Waals surface area contributed by atoms with Crippen LogP contribution in [0.1, 0.15) is 67.2 Å². The van der Waals surface area contributed by atoms with Crippen molar-refractivity contribution in [3.63, 3.8) is 0 Å². The van der Waals surface area contributed by atoms with Crippen LogP contribution >= 0.6 is 0 Å². The predicted octanol–water partition coefficient (Wildman–Crippen LogP) is 4.96. The lowest BCUT2D eigenvalue weighted by Crippen LogP contribution is -2.41. The zero-order valence-electron chi connectivity index (χ0n) is 20.2. The first-order chi connectivity index (χ1) is 17.1. The average Bonchev–Trinajstić information content (AvgIpc) is 3.30. The number of likely N-dealkylation sites (tertiary alicyclic amines) is 1. The first-order valence-electron chi connectivity index (χ1n) is 12.4. The van der Waals surface area contributed by atoms with Crippen molar-refractivity contribution >= 4 is 5.97 Å². The predicted molar refractivity (Wildman–Crippen MR) is 134 cm³/mol. The number of hydrogen-bond donors (Lipinski definition) is 0. The Bertz CT molecular complexity index is 1160. The van der Waals surface area contributed by atoms with Gasteiger partial charge in [-0.3, -0.25) is 9.69 Å². The van der Waals surface area contributed by atoms with Gasteiger partial charge in [-0.05, 0) is 85.8 Å². The van der Waals surface area contributed by atoms with E-state index < -0.39 is 0 Å². The maximum Gasteiger partial charge on any atom is 0.302 e. The standard InChI is InChI=1S/C30H31N3O2/c1-22(34)35-30-6-2-5-28(30)18-24-11-13-26(14-12-24)27-15-17-33(29(19-27)21-32)16-3-4-23-7-9-25(20-31)10-8-23/h7-14,27-30H,2,5-6,15-19H2,1H3. The normalized spacial score (nSPS) is 24.0. The fourth-order valence-corrected chi connectivity index (χ4v) is 5.34. The van der Waals surface area contributed by atoms with E-state index in [1.165, 1.54) is 18.1 Å². The molecule has 1 saturated carbocycles. The van der Waals surface area contributed by atoms with Gasteiger partial charge in [-0.25, -0.2) is 0 Å². The molecule has 0 radical (unpaired) electrons. The SMILES string of the molecule is CC(=O)OC1CCCC1Cc1ccc(C2CCN(CC#Cc3ccc(C#N)cc3)C(C#N)C2)cc1. The van der Waals surface area contributed by atoms with Crippen LogP contribution in [0.3, 0.4) is 0 Å². The topological polar surface area (TPSA) is 77.1 Å². The Kier molecular flexibility index (Phi) is 8.20. The first-order valence-corrected chi connectivity index (χ1v) is 12.4. The molecule has 1 aliphatic heterocycles. The number of piperidine rings is 1. The molecule has 2 aromatic carbocycles. The Balaban J connectivity index is 1.31. The van der Waals surface area contributed by atoms with Crippen LogP contribution in [-0.4, -0.2) is 36.1 Å². The van der Waals surface area contributed by atoms with E-state index in [9.17, 15) is 10.1 Å². The van der Waals surface area contributed by atoms with Gasteiger partial charge in [0.2, 0.25) is 0 Å². The van der Waals surface area contributed by atoms with E-state index in [4.69, 9.17) is 10.00 Å². The van der Waals surface area contributed by atoms with Crippen molar-refractivity contribution in [2.24, 2.45) is 5.92 Å². The van der Waals surface area contributed by atoms with Crippen LogP contribution in [0.15, 0.2) is 48.5 Å². The van der Waals surface area contributed by atoms with E-state index in [0.29, 0.717) is 23.9 Å². The van der Waals surface area contributed by atoms with Crippen LogP contribution in [0.25, 0.3) is 0 Å². The van der Waals surface area contributed by atoms with Crippen molar-refractivity contribution in [2.75, 3.05) is 13.1 Å². The molecule has 2 aromatic rings. The van der Waals surface area contributed by atoms with Crippen LogP contribution in [0, 0.1) is 40.4 Å². The molecule has 1 aliphatic carbocycles. The minimum atomic E-state index is -0.184. The molecule has 178 valence electrons. The van der Waals surface area contributed by atoms with E-state index in [1.807, 2.05) is 12.1 Å². The van der Waals surface area contributed by atoms with Gasteiger partial charge in [-0.2, -0.15) is 10.5 Å². The molecule has 1 saturated heterocycles. The molecule has 5 heteroatoms. The molecule has 0 bridgehead atoms. The number of nitriles is 2. The summed E-state index contributed by atoms with van der Waals surface area (Å²) in [5.74, 6) is 6.93. The Morgan fingerprint density at radius 1 is 1.03 bits per heavy atom. The van der Waals surface area contributed by atoms with Gasteiger partial charge in [0.1, 0.15) is 6.10 Å². The molecular weight excluding hydrogens is 434 g/mol. The molecule has 1 heterocycles. The smallest absolute Gasteiger partial charge is 0.302 e. The van der Waals surface area contributed by atoms with Crippen molar-refractivity contribution < 1.29 is 9.53 Å². The molecule has 2 fully saturated rings. The zero-order valence-corrected chi connectivity index (χ0v) is 20.2. The number of carbonyl (C=O) groups excluding carboxylic acids is 1. The van der Waals surface area contributed by atoms with Gasteiger partial charge in [-0.1, -0.05) is 36.1 Å². The Labute approximate surface area is 208 Å². The van der Waals surface area contributed by atoms with E-state index >= 15 is 0 Å². The molecule has 2 aliphatic rings. The fraction of sp³-hybridized carbons (Fsp3) is 0.433. The number of ether oxygens (including phenoxy) is 1. The number of benzene rings is 2. The van der Waals surface area contributed by atoms with Crippen molar-refractivity contribution in [3.05, 3.63) is 70.8 Å². The highest BCUT2D eigenvalue weighted by Gasteiger charge is 2.31. The summed E-state index contributed by atoms with van der Waals surface area (Å²) in [6, 6.07) is 20.5. The van der Waals surface area contributed by atoms with E-state index in [1.54, 1.807) is 12.1 Å². The van der Waals surface area contributed by atoms with E-state index in [0.717, 1.165) is 50.6 Å². The van der Waals surface area contributed by atoms with Crippen molar-refractivity contribution in [2.45, 2.75) is 63.5 Å². The highest BCUT2D eigenvalue weighted by molar-refractivity contribution is 5.66. The molecule has 0 spiro atoms. The largest absolute Gasteiger partial charge is 0.462 e. The number of esters is 1. The van der Waals surface area contributed by atoms with Crippen LogP contribution in [0.4, 0.5) is 0 Å². The van der Waals surface area contributed by atoms with Gasteiger partial charge < -0.3 is 4.74 Å². The van der Waals surface area contributed by atoms with Crippen LogP contribution in [0.2, 0.25) is 0 Å². The lowest BCUT2D eigenvalue weighted by molar-refractivity contribution is -0.147. The van der Waals surface area contributed by atoms with Crippen molar-refractivity contribution in [1.29, 1.82) is 10.5 Å². The highest BCUT2D eigenvalue weighted by Crippen LogP contribution is 2.34. The molecule has 35 heavy (non-hydrogen) atoms. The third-order valence-electron chi connectivity index (χ3n) is 7.25. The van der Waals surface area contributed by atoms with Crippen LogP contribution in [-0.2, 0) is 16.0 Å². The second-order valence-electron chi connectivity index (χ2n) is 9.61. The maximum atomic E-state index is 11.4. The zero-order chi connectivity index (χ0) is 24.6. The summed E-state index contributed by atoms with van der Waals surface area (Å²) in [4.78, 5) is 13.5. The molecule has 4 rings (SSSR count). The summed E-state index contributed by atoms with van der Waals surface area (Å²) >= 11 is 0. The van der Waals surface area contributed by atoms with Crippen LogP contribution in [0.5, 0.6) is 0 Å². The molecule has 4 atom stereocenters. The summed E-state index contributed by atoms with van der Waals surface area (Å²) < 4.78 is 5.52. The molecule has 0 amide bonds. The van der Waals surface area contributed by atoms with E-state index in [2.05, 4.69) is 53.1 Å². The number of carbonyl (C=O) groups is 1. The van der Waals surface area contributed by atoms with E-state index in [-0.39, 0.29) is 18.1 Å². The lowest BCUT2D eigenvalue weighted by atomic mass is 9.85. The second kappa shape index (κ2) is 11.7. The lowest BCUT2D eigenvalue weighted by Gasteiger charge is -2.35. The van der Waals surface area contributed by atoms with Crippen molar-refractivity contribution in [3.8, 4) is 24.0 Å². The molecule has 4 unspecified atom stereocenters. The van der Waals surface area contributed by atoms with Gasteiger partial charge in [0, 0.05) is 19.0 Å². The summed E-state index contributed by atoms with van der Waals surface area (Å²) in [5, 5.41) is 18.7. The summed E-state index contributed by atoms with van der Waals surface area (Å²) in [5.41, 5.74) is 4.08. The second-order valence-corrected chi connectivity index (χ2v) is 9.61. The van der Waals surface area contributed by atoms with Gasteiger partial charge in [0.25, 0.3) is 0 Å². The Morgan fingerprint density at radius 2 is 1.77 bits per heavy atom. The van der Waals surface area contributed by atoms with Gasteiger partial charge in [-0.15, -0.1) is 0 Å². The summed E-state index contributed by atoms with van der Waals surface area (Å²) in [7, 11) is 0. The minimum absolute atomic E-state index is 0.0490. The third-order valence-corrected chi connectivity index (χ3v) is 7.25. The summed E-state index contributed by atoms with van der Waals surface area (Å²) in [6.07, 6.45) is 6.00. The Hall–Kier alpha value is -3.59. The van der Waals surface area contributed by atoms with Crippen molar-refractivity contribution in [1.82, 2.24) is 4.90 Å². The molecule has 0 aromatic heterocycles.